The van der Waals surface area contributed by atoms with Crippen LogP contribution in [0.4, 0.5) is 16.2 Å². The van der Waals surface area contributed by atoms with E-state index in [1.54, 1.807) is 11.3 Å². The number of rotatable bonds is 29. The Morgan fingerprint density at radius 2 is 1.26 bits per heavy atom. The molecule has 6 rings (SSSR count). The molecule has 384 valence electrons. The average Bonchev–Trinajstić information content (AvgIpc) is 3.81. The summed E-state index contributed by atoms with van der Waals surface area (Å²) in [4.78, 5) is 36.4. The number of hydrogen-bond acceptors (Lipinski definition) is 16. The Bertz CT molecular complexity index is 2240. The van der Waals surface area contributed by atoms with Crippen LogP contribution in [-0.2, 0) is 42.7 Å². The maximum Gasteiger partial charge on any atom is 0.407 e. The number of aromatic nitrogens is 3. The standard InChI is InChI=1S/C50H71ClN8O10S/c1-36-37(2)70-48-45(36)46(39-7-9-40(51)10-8-39)54-43(47-56-55-38(3)59(47)48)35-44(60)53-41-11-13-42(14-12-41)58-18-16-57(17-19-58)20-22-63-24-26-65-28-30-67-32-34-68-33-31-66-29-27-64-25-23-62-21-15-52-49(61)69-50(4,5)6/h7-14,43H,15-35H2,1-6H3,(H,52,61)(H,53,60)/t43-/m0/s1. The van der Waals surface area contributed by atoms with Gasteiger partial charge in [0.15, 0.2) is 5.82 Å². The molecule has 1 atom stereocenters. The number of hydrogen-bond donors (Lipinski definition) is 2. The van der Waals surface area contributed by atoms with E-state index in [1.165, 1.54) is 4.88 Å². The van der Waals surface area contributed by atoms with Gasteiger partial charge >= 0.3 is 6.09 Å². The number of nitrogens with zero attached hydrogens (tertiary/aromatic N) is 6. The van der Waals surface area contributed by atoms with Crippen LogP contribution in [0, 0.1) is 20.8 Å². The van der Waals surface area contributed by atoms with E-state index in [0.717, 1.165) is 77.3 Å². The molecule has 18 nitrogen and oxygen atoms in total. The van der Waals surface area contributed by atoms with Gasteiger partial charge in [0.2, 0.25) is 5.91 Å². The van der Waals surface area contributed by atoms with Crippen molar-refractivity contribution in [3.63, 3.8) is 0 Å². The number of benzene rings is 2. The molecule has 0 unspecified atom stereocenters. The second kappa shape index (κ2) is 28.5. The summed E-state index contributed by atoms with van der Waals surface area (Å²) >= 11 is 7.95. The summed E-state index contributed by atoms with van der Waals surface area (Å²) in [6.07, 6.45) is -0.351. The minimum atomic E-state index is -0.546. The Morgan fingerprint density at radius 1 is 0.714 bits per heavy atom. The lowest BCUT2D eigenvalue weighted by Crippen LogP contribution is -2.47. The first-order valence-corrected chi connectivity index (χ1v) is 25.3. The molecule has 0 aliphatic carbocycles. The summed E-state index contributed by atoms with van der Waals surface area (Å²) in [7, 11) is 0. The summed E-state index contributed by atoms with van der Waals surface area (Å²) in [5.74, 6) is 1.25. The quantitative estimate of drug-likeness (QED) is 0.0556. The first-order valence-electron chi connectivity index (χ1n) is 24.1. The Balaban J connectivity index is 0.758. The number of alkyl carbamates (subject to hydrolysis) is 1. The van der Waals surface area contributed by atoms with Gasteiger partial charge in [-0.2, -0.15) is 0 Å². The van der Waals surface area contributed by atoms with E-state index in [2.05, 4.69) is 61.2 Å². The third-order valence-electron chi connectivity index (χ3n) is 11.3. The fourth-order valence-electron chi connectivity index (χ4n) is 7.66. The molecular formula is C50H71ClN8O10S. The Hall–Kier alpha value is -4.54. The lowest BCUT2D eigenvalue weighted by Gasteiger charge is -2.36. The number of fused-ring (bicyclic) bond motifs is 3. The van der Waals surface area contributed by atoms with Gasteiger partial charge in [-0.05, 0) is 83.5 Å². The van der Waals surface area contributed by atoms with Crippen LogP contribution in [0.2, 0.25) is 5.02 Å². The van der Waals surface area contributed by atoms with E-state index >= 15 is 0 Å². The minimum absolute atomic E-state index is 0.104. The van der Waals surface area contributed by atoms with E-state index in [1.807, 2.05) is 64.1 Å². The normalized spacial score (nSPS) is 15.0. The molecule has 0 radical (unpaired) electrons. The second-order valence-electron chi connectivity index (χ2n) is 17.7. The predicted molar refractivity (Wildman–Crippen MR) is 272 cm³/mol. The van der Waals surface area contributed by atoms with Gasteiger partial charge in [0, 0.05) is 71.7 Å². The zero-order chi connectivity index (χ0) is 49.7. The number of aryl methyl sites for hydroxylation is 2. The molecule has 2 aromatic heterocycles. The summed E-state index contributed by atoms with van der Waals surface area (Å²) in [5.41, 5.74) is 5.26. The number of amides is 2. The summed E-state index contributed by atoms with van der Waals surface area (Å²) in [5, 5.41) is 16.4. The highest BCUT2D eigenvalue weighted by molar-refractivity contribution is 7.15. The number of carbonyl (C=O) groups excluding carboxylic acids is 2. The van der Waals surface area contributed by atoms with Crippen LogP contribution in [0.3, 0.4) is 0 Å². The van der Waals surface area contributed by atoms with Gasteiger partial charge in [-0.25, -0.2) is 4.79 Å². The van der Waals surface area contributed by atoms with Crippen molar-refractivity contribution in [2.24, 2.45) is 4.99 Å². The van der Waals surface area contributed by atoms with E-state index in [-0.39, 0.29) is 12.3 Å². The second-order valence-corrected chi connectivity index (χ2v) is 19.4. The Morgan fingerprint density at radius 3 is 1.81 bits per heavy atom. The molecule has 2 aliphatic heterocycles. The Kier molecular flexibility index (Phi) is 22.3. The van der Waals surface area contributed by atoms with E-state index < -0.39 is 17.7 Å². The molecule has 2 amide bonds. The fraction of sp³-hybridized carbons (Fsp3) is 0.580. The molecular weight excluding hydrogens is 940 g/mol. The molecule has 0 bridgehead atoms. The van der Waals surface area contributed by atoms with Crippen LogP contribution in [0.5, 0.6) is 0 Å². The molecule has 2 N–H and O–H groups in total. The van der Waals surface area contributed by atoms with Crippen molar-refractivity contribution in [3.8, 4) is 5.00 Å². The largest absolute Gasteiger partial charge is 0.444 e. The highest BCUT2D eigenvalue weighted by atomic mass is 35.5. The smallest absolute Gasteiger partial charge is 0.407 e. The molecule has 2 aromatic carbocycles. The van der Waals surface area contributed by atoms with Gasteiger partial charge in [0.25, 0.3) is 0 Å². The Labute approximate surface area is 421 Å². The van der Waals surface area contributed by atoms with Crippen LogP contribution in [0.1, 0.15) is 66.5 Å². The fourth-order valence-corrected chi connectivity index (χ4v) is 9.00. The highest BCUT2D eigenvalue weighted by Gasteiger charge is 2.32. The van der Waals surface area contributed by atoms with E-state index in [4.69, 9.17) is 54.5 Å². The topological polar surface area (TPSA) is 182 Å². The van der Waals surface area contributed by atoms with Crippen molar-refractivity contribution in [3.05, 3.63) is 86.8 Å². The van der Waals surface area contributed by atoms with Crippen LogP contribution in [0.15, 0.2) is 53.5 Å². The molecule has 0 saturated carbocycles. The highest BCUT2D eigenvalue weighted by Crippen LogP contribution is 2.39. The maximum absolute atomic E-state index is 13.7. The third-order valence-corrected chi connectivity index (χ3v) is 12.8. The third kappa shape index (κ3) is 17.6. The van der Waals surface area contributed by atoms with Gasteiger partial charge in [-0.15, -0.1) is 21.5 Å². The number of anilines is 2. The number of carbonyl (C=O) groups is 2. The van der Waals surface area contributed by atoms with E-state index in [0.29, 0.717) is 110 Å². The molecule has 4 aromatic rings. The molecule has 70 heavy (non-hydrogen) atoms. The lowest BCUT2D eigenvalue weighted by molar-refractivity contribution is -0.116. The number of halogens is 1. The number of thiophene rings is 1. The van der Waals surface area contributed by atoms with Gasteiger partial charge in [-0.3, -0.25) is 19.3 Å². The molecule has 2 aliphatic rings. The summed E-state index contributed by atoms with van der Waals surface area (Å²) < 4.78 is 46.2. The molecule has 4 heterocycles. The first kappa shape index (κ1) is 54.8. The van der Waals surface area contributed by atoms with E-state index in [9.17, 15) is 9.59 Å². The van der Waals surface area contributed by atoms with Gasteiger partial charge in [0.05, 0.1) is 105 Å². The molecule has 20 heteroatoms. The number of piperazine rings is 1. The SMILES string of the molecule is Cc1sc2c(c1C)C(c1ccc(Cl)cc1)=N[C@@H](CC(=O)Nc1ccc(N3CCN(CCOCCOCCOCCOCCOCCOCCOCCNC(=O)OC(C)(C)C)CC3)cc1)c1nnc(C)n1-2. The monoisotopic (exact) mass is 1010 g/mol. The molecule has 1 saturated heterocycles. The maximum atomic E-state index is 13.7. The minimum Gasteiger partial charge on any atom is -0.444 e. The predicted octanol–water partition coefficient (Wildman–Crippen LogP) is 6.59. The van der Waals surface area contributed by atoms with Crippen molar-refractivity contribution >= 4 is 52.0 Å². The summed E-state index contributed by atoms with van der Waals surface area (Å²) in [6, 6.07) is 15.2. The number of nitrogens with one attached hydrogen (secondary N) is 2. The van der Waals surface area contributed by atoms with Crippen molar-refractivity contribution in [1.82, 2.24) is 25.0 Å². The average molecular weight is 1010 g/mol. The molecule has 0 spiro atoms. The lowest BCUT2D eigenvalue weighted by atomic mass is 9.99. The van der Waals surface area contributed by atoms with Crippen LogP contribution >= 0.6 is 22.9 Å². The van der Waals surface area contributed by atoms with Gasteiger partial charge in [-0.1, -0.05) is 23.7 Å². The zero-order valence-corrected chi connectivity index (χ0v) is 43.2. The van der Waals surface area contributed by atoms with Crippen LogP contribution in [-0.4, -0.2) is 175 Å². The van der Waals surface area contributed by atoms with Crippen molar-refractivity contribution in [2.45, 2.75) is 59.6 Å². The zero-order valence-electron chi connectivity index (χ0n) is 41.6. The van der Waals surface area contributed by atoms with Gasteiger partial charge < -0.3 is 53.4 Å². The number of ether oxygens (including phenoxy) is 8. The van der Waals surface area contributed by atoms with Gasteiger partial charge in [0.1, 0.15) is 22.5 Å². The number of aliphatic imine (C=N–C) groups is 1. The summed E-state index contributed by atoms with van der Waals surface area (Å²) in [6.45, 7) is 23.4. The first-order chi connectivity index (χ1) is 33.9. The van der Waals surface area contributed by atoms with Crippen LogP contribution < -0.4 is 15.5 Å². The molecule has 1 fully saturated rings. The van der Waals surface area contributed by atoms with Crippen molar-refractivity contribution in [1.29, 1.82) is 0 Å². The van der Waals surface area contributed by atoms with Crippen molar-refractivity contribution in [2.75, 3.05) is 142 Å². The van der Waals surface area contributed by atoms with Crippen LogP contribution in [0.25, 0.3) is 5.00 Å². The van der Waals surface area contributed by atoms with Crippen molar-refractivity contribution < 1.29 is 47.5 Å².